The first-order valence-corrected chi connectivity index (χ1v) is 10.0. The zero-order valence-corrected chi connectivity index (χ0v) is 18.9. The van der Waals surface area contributed by atoms with E-state index in [1.54, 1.807) is 29.2 Å². The lowest BCUT2D eigenvalue weighted by molar-refractivity contribution is 0.210. The smallest absolute Gasteiger partial charge is 0.322 e. The van der Waals surface area contributed by atoms with Crippen molar-refractivity contribution < 1.29 is 23.0 Å². The maximum atomic E-state index is 13.1. The van der Waals surface area contributed by atoms with Gasteiger partial charge in [0.2, 0.25) is 0 Å². The van der Waals surface area contributed by atoms with Crippen LogP contribution in [0.5, 0.6) is 11.5 Å². The molecular formula is C24H26ClF2N3O3. The van der Waals surface area contributed by atoms with Crippen LogP contribution in [0.3, 0.4) is 0 Å². The van der Waals surface area contributed by atoms with E-state index in [4.69, 9.17) is 15.2 Å². The Bertz CT molecular complexity index is 1030. The summed E-state index contributed by atoms with van der Waals surface area (Å²) >= 11 is 0. The van der Waals surface area contributed by atoms with Crippen molar-refractivity contribution >= 4 is 24.1 Å². The number of methoxy groups -OCH3 is 1. The van der Waals surface area contributed by atoms with Crippen LogP contribution in [-0.4, -0.2) is 31.1 Å². The van der Waals surface area contributed by atoms with Gasteiger partial charge in [0.1, 0.15) is 18.2 Å². The number of nitrogens with zero attached hydrogens (tertiary/aromatic N) is 1. The maximum Gasteiger partial charge on any atom is 0.322 e. The molecule has 0 aromatic heterocycles. The number of amides is 2. The van der Waals surface area contributed by atoms with Gasteiger partial charge in [-0.15, -0.1) is 12.4 Å². The highest BCUT2D eigenvalue weighted by Gasteiger charge is 2.15. The number of carbonyl (C=O) groups is 1. The van der Waals surface area contributed by atoms with Crippen LogP contribution in [0.25, 0.3) is 0 Å². The van der Waals surface area contributed by atoms with Gasteiger partial charge in [0.05, 0.1) is 7.11 Å². The lowest BCUT2D eigenvalue weighted by Crippen LogP contribution is -2.38. The zero-order chi connectivity index (χ0) is 22.9. The van der Waals surface area contributed by atoms with Crippen molar-refractivity contribution in [3.8, 4) is 11.5 Å². The number of ether oxygens (including phenoxy) is 2. The Balaban J connectivity index is 0.00000385. The summed E-state index contributed by atoms with van der Waals surface area (Å²) in [4.78, 5) is 14.2. The number of rotatable bonds is 9. The van der Waals surface area contributed by atoms with Gasteiger partial charge in [0, 0.05) is 25.3 Å². The largest absolute Gasteiger partial charge is 0.493 e. The molecule has 9 heteroatoms. The molecule has 0 saturated heterocycles. The van der Waals surface area contributed by atoms with E-state index < -0.39 is 0 Å². The fourth-order valence-corrected chi connectivity index (χ4v) is 3.04. The highest BCUT2D eigenvalue weighted by molar-refractivity contribution is 5.89. The second-order valence-electron chi connectivity index (χ2n) is 7.05. The van der Waals surface area contributed by atoms with Gasteiger partial charge in [-0.05, 0) is 59.7 Å². The molecule has 0 heterocycles. The number of benzene rings is 3. The van der Waals surface area contributed by atoms with E-state index in [1.807, 2.05) is 6.07 Å². The van der Waals surface area contributed by atoms with Gasteiger partial charge < -0.3 is 25.4 Å². The topological polar surface area (TPSA) is 76.8 Å². The molecular weight excluding hydrogens is 452 g/mol. The summed E-state index contributed by atoms with van der Waals surface area (Å²) in [5.74, 6) is 0.356. The molecule has 3 N–H and O–H groups in total. The highest BCUT2D eigenvalue weighted by atomic mass is 35.5. The summed E-state index contributed by atoms with van der Waals surface area (Å²) < 4.78 is 37.4. The Morgan fingerprint density at radius 1 is 0.939 bits per heavy atom. The molecule has 3 aromatic rings. The first-order chi connectivity index (χ1) is 15.5. The Morgan fingerprint density at radius 3 is 2.15 bits per heavy atom. The lowest BCUT2D eigenvalue weighted by Gasteiger charge is -2.23. The third-order valence-electron chi connectivity index (χ3n) is 4.69. The molecule has 176 valence electrons. The SMILES string of the molecule is COc1cc(CN(CCN)C(=O)Nc2ccc(F)cc2)ccc1OCc1ccc(F)cc1.Cl. The number of hydrogen-bond donors (Lipinski definition) is 2. The predicted molar refractivity (Wildman–Crippen MR) is 126 cm³/mol. The molecule has 0 aliphatic carbocycles. The monoisotopic (exact) mass is 477 g/mol. The third kappa shape index (κ3) is 7.62. The number of hydrogen-bond acceptors (Lipinski definition) is 4. The zero-order valence-electron chi connectivity index (χ0n) is 18.1. The van der Waals surface area contributed by atoms with Gasteiger partial charge in [-0.3, -0.25) is 0 Å². The van der Waals surface area contributed by atoms with Gasteiger partial charge in [-0.2, -0.15) is 0 Å². The quantitative estimate of drug-likeness (QED) is 0.456. The van der Waals surface area contributed by atoms with Crippen LogP contribution < -0.4 is 20.5 Å². The Labute approximate surface area is 197 Å². The first kappa shape index (κ1) is 25.9. The summed E-state index contributed by atoms with van der Waals surface area (Å²) in [5, 5.41) is 2.74. The van der Waals surface area contributed by atoms with Crippen LogP contribution in [-0.2, 0) is 13.2 Å². The van der Waals surface area contributed by atoms with Crippen LogP contribution in [0.4, 0.5) is 19.3 Å². The third-order valence-corrected chi connectivity index (χ3v) is 4.69. The molecule has 0 atom stereocenters. The van der Waals surface area contributed by atoms with Crippen molar-refractivity contribution in [1.29, 1.82) is 0 Å². The van der Waals surface area contributed by atoms with Gasteiger partial charge in [0.25, 0.3) is 0 Å². The van der Waals surface area contributed by atoms with Crippen LogP contribution >= 0.6 is 12.4 Å². The molecule has 2 amide bonds. The van der Waals surface area contributed by atoms with Gasteiger partial charge in [-0.1, -0.05) is 18.2 Å². The molecule has 33 heavy (non-hydrogen) atoms. The number of nitrogens with two attached hydrogens (primary N) is 1. The van der Waals surface area contributed by atoms with Gasteiger partial charge in [0.15, 0.2) is 11.5 Å². The molecule has 0 unspecified atom stereocenters. The lowest BCUT2D eigenvalue weighted by atomic mass is 10.2. The van der Waals surface area contributed by atoms with Crippen molar-refractivity contribution in [2.45, 2.75) is 13.2 Å². The number of anilines is 1. The second-order valence-corrected chi connectivity index (χ2v) is 7.05. The number of nitrogens with one attached hydrogen (secondary N) is 1. The molecule has 0 radical (unpaired) electrons. The predicted octanol–water partition coefficient (Wildman–Crippen LogP) is 4.97. The van der Waals surface area contributed by atoms with E-state index in [0.717, 1.165) is 11.1 Å². The van der Waals surface area contributed by atoms with Crippen molar-refractivity contribution in [1.82, 2.24) is 4.90 Å². The molecule has 0 aliphatic heterocycles. The first-order valence-electron chi connectivity index (χ1n) is 10.0. The maximum absolute atomic E-state index is 13.1. The summed E-state index contributed by atoms with van der Waals surface area (Å²) in [6.45, 7) is 1.17. The van der Waals surface area contributed by atoms with E-state index in [1.165, 1.54) is 43.5 Å². The van der Waals surface area contributed by atoms with E-state index >= 15 is 0 Å². The minimum absolute atomic E-state index is 0. The van der Waals surface area contributed by atoms with Gasteiger partial charge in [-0.25, -0.2) is 13.6 Å². The molecule has 3 rings (SSSR count). The number of carbonyl (C=O) groups excluding carboxylic acids is 1. The molecule has 0 spiro atoms. The number of urea groups is 1. The van der Waals surface area contributed by atoms with Crippen LogP contribution in [0.1, 0.15) is 11.1 Å². The average molecular weight is 478 g/mol. The van der Waals surface area contributed by atoms with Crippen molar-refractivity contribution in [2.24, 2.45) is 5.73 Å². The molecule has 0 bridgehead atoms. The normalized spacial score (nSPS) is 10.2. The van der Waals surface area contributed by atoms with Crippen LogP contribution in [0.2, 0.25) is 0 Å². The van der Waals surface area contributed by atoms with E-state index in [0.29, 0.717) is 30.3 Å². The van der Waals surface area contributed by atoms with Gasteiger partial charge >= 0.3 is 6.03 Å². The van der Waals surface area contributed by atoms with Crippen LogP contribution in [0.15, 0.2) is 66.7 Å². The molecule has 0 saturated carbocycles. The van der Waals surface area contributed by atoms with Crippen molar-refractivity contribution in [3.63, 3.8) is 0 Å². The molecule has 6 nitrogen and oxygen atoms in total. The summed E-state index contributed by atoms with van der Waals surface area (Å²) in [6.07, 6.45) is 0. The fraction of sp³-hybridized carbons (Fsp3) is 0.208. The standard InChI is InChI=1S/C24H25F2N3O3.ClH/c1-31-23-14-18(4-11-22(23)32-16-17-2-5-19(25)6-3-17)15-29(13-12-27)24(30)28-21-9-7-20(26)8-10-21;/h2-11,14H,12-13,15-16,27H2,1H3,(H,28,30);1H. The summed E-state index contributed by atoms with van der Waals surface area (Å²) in [5.41, 5.74) is 7.81. The van der Waals surface area contributed by atoms with Crippen LogP contribution in [0, 0.1) is 11.6 Å². The summed E-state index contributed by atoms with van der Waals surface area (Å²) in [7, 11) is 1.53. The molecule has 3 aromatic carbocycles. The molecule has 0 fully saturated rings. The fourth-order valence-electron chi connectivity index (χ4n) is 3.04. The highest BCUT2D eigenvalue weighted by Crippen LogP contribution is 2.29. The molecule has 0 aliphatic rings. The minimum atomic E-state index is -0.379. The Hall–Kier alpha value is -3.36. The average Bonchev–Trinajstić information content (AvgIpc) is 2.80. The second kappa shape index (κ2) is 12.6. The van der Waals surface area contributed by atoms with Crippen molar-refractivity contribution in [2.75, 3.05) is 25.5 Å². The Kier molecular flexibility index (Phi) is 9.90. The van der Waals surface area contributed by atoms with E-state index in [-0.39, 0.29) is 43.2 Å². The summed E-state index contributed by atoms with van der Waals surface area (Å²) in [6, 6.07) is 16.6. The van der Waals surface area contributed by atoms with E-state index in [9.17, 15) is 13.6 Å². The minimum Gasteiger partial charge on any atom is -0.493 e. The van der Waals surface area contributed by atoms with E-state index in [2.05, 4.69) is 5.32 Å². The number of halogens is 3. The van der Waals surface area contributed by atoms with Crippen molar-refractivity contribution in [3.05, 3.63) is 89.5 Å². The Morgan fingerprint density at radius 2 is 1.55 bits per heavy atom.